The minimum atomic E-state index is -0.460. The molecule has 2 aromatic carbocycles. The van der Waals surface area contributed by atoms with Crippen LogP contribution in [0.4, 0.5) is 10.1 Å². The van der Waals surface area contributed by atoms with Crippen LogP contribution in [0.25, 0.3) is 0 Å². The molecule has 4 rings (SSSR count). The Morgan fingerprint density at radius 2 is 1.88 bits per heavy atom. The van der Waals surface area contributed by atoms with Crippen LogP contribution in [0, 0.1) is 12.7 Å². The Morgan fingerprint density at radius 1 is 1.15 bits per heavy atom. The summed E-state index contributed by atoms with van der Waals surface area (Å²) in [5, 5.41) is 11.2. The van der Waals surface area contributed by atoms with Crippen molar-refractivity contribution in [3.8, 4) is 0 Å². The third-order valence-corrected chi connectivity index (χ3v) is 5.34. The molecule has 132 valence electrons. The zero-order chi connectivity index (χ0) is 18.1. The van der Waals surface area contributed by atoms with Crippen LogP contribution in [0.15, 0.2) is 59.8 Å². The van der Waals surface area contributed by atoms with Crippen molar-refractivity contribution in [1.82, 2.24) is 14.9 Å². The number of thioether (sulfide) groups is 1. The number of hydrogen-bond donors (Lipinski definition) is 2. The first kappa shape index (κ1) is 16.6. The lowest BCUT2D eigenvalue weighted by molar-refractivity contribution is -0.116. The number of carbonyl (C=O) groups excluding carboxylic acids is 1. The highest BCUT2D eigenvalue weighted by Gasteiger charge is 2.37. The van der Waals surface area contributed by atoms with Crippen molar-refractivity contribution in [2.75, 3.05) is 10.7 Å². The number of amides is 1. The average Bonchev–Trinajstić information content (AvgIpc) is 3.03. The van der Waals surface area contributed by atoms with Gasteiger partial charge in [0.1, 0.15) is 16.9 Å². The van der Waals surface area contributed by atoms with Crippen molar-refractivity contribution in [2.45, 2.75) is 23.4 Å². The van der Waals surface area contributed by atoms with Crippen molar-refractivity contribution in [3.63, 3.8) is 0 Å². The van der Waals surface area contributed by atoms with E-state index in [2.05, 4.69) is 20.9 Å². The number of anilines is 1. The van der Waals surface area contributed by atoms with E-state index in [1.54, 1.807) is 16.8 Å². The molecule has 0 saturated carbocycles. The number of rotatable bonds is 3. The van der Waals surface area contributed by atoms with Gasteiger partial charge in [-0.3, -0.25) is 4.79 Å². The second kappa shape index (κ2) is 6.80. The number of fused-ring (bicyclic) bond motifs is 1. The number of benzene rings is 2. The molecule has 0 spiro atoms. The zero-order valence-electron chi connectivity index (χ0n) is 13.9. The Labute approximate surface area is 153 Å². The van der Waals surface area contributed by atoms with Gasteiger partial charge in [0.05, 0.1) is 6.04 Å². The Kier molecular flexibility index (Phi) is 4.34. The number of halogens is 1. The van der Waals surface area contributed by atoms with E-state index in [4.69, 9.17) is 0 Å². The number of carbonyl (C=O) groups is 1. The molecule has 1 amide bonds. The molecule has 1 aromatic heterocycles. The van der Waals surface area contributed by atoms with Gasteiger partial charge in [-0.05, 0) is 36.8 Å². The number of aryl methyl sites for hydroxylation is 1. The van der Waals surface area contributed by atoms with Gasteiger partial charge < -0.3 is 10.7 Å². The SMILES string of the molecule is Cc1nnc2n1NC(c1ccccc1)C(C(=O)Nc1ccc(F)cc1)S2. The van der Waals surface area contributed by atoms with Gasteiger partial charge in [0.2, 0.25) is 11.1 Å². The van der Waals surface area contributed by atoms with Crippen LogP contribution in [-0.4, -0.2) is 26.0 Å². The summed E-state index contributed by atoms with van der Waals surface area (Å²) in [7, 11) is 0. The van der Waals surface area contributed by atoms with Crippen LogP contribution in [-0.2, 0) is 4.79 Å². The van der Waals surface area contributed by atoms with E-state index in [-0.39, 0.29) is 17.8 Å². The summed E-state index contributed by atoms with van der Waals surface area (Å²) in [6.45, 7) is 1.85. The molecule has 0 fully saturated rings. The lowest BCUT2D eigenvalue weighted by atomic mass is 10.0. The van der Waals surface area contributed by atoms with Gasteiger partial charge in [0, 0.05) is 5.69 Å². The van der Waals surface area contributed by atoms with Crippen molar-refractivity contribution in [2.24, 2.45) is 0 Å². The summed E-state index contributed by atoms with van der Waals surface area (Å²) in [4.78, 5) is 12.9. The Balaban J connectivity index is 1.64. The largest absolute Gasteiger partial charge is 0.325 e. The fourth-order valence-corrected chi connectivity index (χ4v) is 3.94. The third-order valence-electron chi connectivity index (χ3n) is 4.13. The highest BCUT2D eigenvalue weighted by atomic mass is 32.2. The lowest BCUT2D eigenvalue weighted by Crippen LogP contribution is -2.41. The smallest absolute Gasteiger partial charge is 0.240 e. The maximum Gasteiger partial charge on any atom is 0.240 e. The van der Waals surface area contributed by atoms with Gasteiger partial charge in [-0.1, -0.05) is 42.1 Å². The molecule has 1 aliphatic heterocycles. The first-order valence-corrected chi connectivity index (χ1v) is 8.96. The number of hydrogen-bond acceptors (Lipinski definition) is 5. The zero-order valence-corrected chi connectivity index (χ0v) is 14.7. The standard InChI is InChI=1S/C18H16FN5OS/c1-11-21-22-18-24(11)23-15(12-5-3-2-4-6-12)16(26-18)17(25)20-14-9-7-13(19)8-10-14/h2-10,15-16,23H,1H3,(H,20,25). The number of aromatic nitrogens is 3. The van der Waals surface area contributed by atoms with E-state index in [0.29, 0.717) is 10.8 Å². The third kappa shape index (κ3) is 3.15. The minimum Gasteiger partial charge on any atom is -0.325 e. The molecule has 6 nitrogen and oxygen atoms in total. The maximum atomic E-state index is 13.1. The van der Waals surface area contributed by atoms with E-state index in [0.717, 1.165) is 11.4 Å². The van der Waals surface area contributed by atoms with Crippen LogP contribution in [0.3, 0.4) is 0 Å². The lowest BCUT2D eigenvalue weighted by Gasteiger charge is -2.32. The molecule has 0 aliphatic carbocycles. The van der Waals surface area contributed by atoms with E-state index in [1.165, 1.54) is 23.9 Å². The molecular weight excluding hydrogens is 353 g/mol. The highest BCUT2D eigenvalue weighted by Crippen LogP contribution is 2.37. The second-order valence-electron chi connectivity index (χ2n) is 5.92. The van der Waals surface area contributed by atoms with Crippen molar-refractivity contribution < 1.29 is 9.18 Å². The number of nitrogens with zero attached hydrogens (tertiary/aromatic N) is 3. The van der Waals surface area contributed by atoms with Gasteiger partial charge in [-0.25, -0.2) is 9.07 Å². The molecular formula is C18H16FN5OS. The summed E-state index contributed by atoms with van der Waals surface area (Å²) in [6.07, 6.45) is 0. The minimum absolute atomic E-state index is 0.185. The van der Waals surface area contributed by atoms with Crippen molar-refractivity contribution in [1.29, 1.82) is 0 Å². The predicted octanol–water partition coefficient (Wildman–Crippen LogP) is 3.12. The van der Waals surface area contributed by atoms with E-state index >= 15 is 0 Å². The van der Waals surface area contributed by atoms with Crippen LogP contribution < -0.4 is 10.7 Å². The Hall–Kier alpha value is -2.87. The molecule has 2 heterocycles. The summed E-state index contributed by atoms with van der Waals surface area (Å²) in [5.74, 6) is 0.197. The molecule has 0 saturated heterocycles. The van der Waals surface area contributed by atoms with Crippen molar-refractivity contribution >= 4 is 23.4 Å². The van der Waals surface area contributed by atoms with Crippen molar-refractivity contribution in [3.05, 3.63) is 71.8 Å². The van der Waals surface area contributed by atoms with Crippen LogP contribution >= 0.6 is 11.8 Å². The summed E-state index contributed by atoms with van der Waals surface area (Å²) < 4.78 is 14.9. The summed E-state index contributed by atoms with van der Waals surface area (Å²) in [5.41, 5.74) is 4.87. The molecule has 0 radical (unpaired) electrons. The summed E-state index contributed by atoms with van der Waals surface area (Å²) >= 11 is 1.35. The highest BCUT2D eigenvalue weighted by molar-refractivity contribution is 8.00. The van der Waals surface area contributed by atoms with E-state index in [1.807, 2.05) is 37.3 Å². The summed E-state index contributed by atoms with van der Waals surface area (Å²) in [6, 6.07) is 15.2. The molecule has 3 aromatic rings. The van der Waals surface area contributed by atoms with Crippen LogP contribution in [0.5, 0.6) is 0 Å². The molecule has 2 atom stereocenters. The Bertz CT molecular complexity index is 929. The molecule has 2 N–H and O–H groups in total. The van der Waals surface area contributed by atoms with Gasteiger partial charge >= 0.3 is 0 Å². The average molecular weight is 369 g/mol. The van der Waals surface area contributed by atoms with Gasteiger partial charge in [-0.15, -0.1) is 10.2 Å². The maximum absolute atomic E-state index is 13.1. The Morgan fingerprint density at radius 3 is 2.62 bits per heavy atom. The normalized spacial score (nSPS) is 18.7. The number of nitrogens with one attached hydrogen (secondary N) is 2. The topological polar surface area (TPSA) is 71.8 Å². The van der Waals surface area contributed by atoms with Crippen LogP contribution in [0.1, 0.15) is 17.4 Å². The van der Waals surface area contributed by atoms with E-state index < -0.39 is 5.25 Å². The first-order valence-electron chi connectivity index (χ1n) is 8.08. The van der Waals surface area contributed by atoms with Gasteiger partial charge in [0.15, 0.2) is 0 Å². The van der Waals surface area contributed by atoms with Crippen LogP contribution in [0.2, 0.25) is 0 Å². The molecule has 26 heavy (non-hydrogen) atoms. The van der Waals surface area contributed by atoms with E-state index in [9.17, 15) is 9.18 Å². The fraction of sp³-hybridized carbons (Fsp3) is 0.167. The first-order chi connectivity index (χ1) is 12.6. The monoisotopic (exact) mass is 369 g/mol. The predicted molar refractivity (Wildman–Crippen MR) is 98.0 cm³/mol. The molecule has 2 unspecified atom stereocenters. The second-order valence-corrected chi connectivity index (χ2v) is 7.03. The molecule has 1 aliphatic rings. The van der Waals surface area contributed by atoms with Gasteiger partial charge in [0.25, 0.3) is 0 Å². The molecule has 8 heteroatoms. The quantitative estimate of drug-likeness (QED) is 0.742. The van der Waals surface area contributed by atoms with Gasteiger partial charge in [-0.2, -0.15) is 0 Å². The fourth-order valence-electron chi connectivity index (χ4n) is 2.82. The molecule has 0 bridgehead atoms.